The number of fused-ring (bicyclic) bond motifs is 1. The molecule has 1 aliphatic carbocycles. The molecule has 0 saturated heterocycles. The highest BCUT2D eigenvalue weighted by atomic mass is 14.9. The molecule has 0 aliphatic heterocycles. The molecule has 0 atom stereocenters. The van der Waals surface area contributed by atoms with Gasteiger partial charge in [-0.05, 0) is 81.2 Å². The minimum Gasteiger partial charge on any atom is -0.355 e. The summed E-state index contributed by atoms with van der Waals surface area (Å²) in [6, 6.07) is 33.4. The van der Waals surface area contributed by atoms with Crippen molar-refractivity contribution in [3.63, 3.8) is 0 Å². The molecule has 5 rings (SSSR count). The van der Waals surface area contributed by atoms with Gasteiger partial charge in [-0.1, -0.05) is 115 Å². The first-order valence-corrected chi connectivity index (χ1v) is 13.7. The van der Waals surface area contributed by atoms with Crippen LogP contribution in [-0.4, -0.2) is 0 Å². The summed E-state index contributed by atoms with van der Waals surface area (Å²) in [7, 11) is 0. The van der Waals surface area contributed by atoms with Gasteiger partial charge in [0.25, 0.3) is 0 Å². The van der Waals surface area contributed by atoms with Crippen LogP contribution in [0.2, 0.25) is 0 Å². The lowest BCUT2D eigenvalue weighted by atomic mass is 9.63. The number of hydrogen-bond acceptors (Lipinski definition) is 1. The van der Waals surface area contributed by atoms with Gasteiger partial charge in [0.15, 0.2) is 0 Å². The molecule has 1 heteroatoms. The molecular formula is C36H41N. The molecule has 37 heavy (non-hydrogen) atoms. The molecule has 4 aromatic carbocycles. The van der Waals surface area contributed by atoms with E-state index in [1.165, 1.54) is 57.5 Å². The van der Waals surface area contributed by atoms with Gasteiger partial charge in [0.1, 0.15) is 0 Å². The van der Waals surface area contributed by atoms with Crippen molar-refractivity contribution in [1.82, 2.24) is 0 Å². The van der Waals surface area contributed by atoms with Crippen molar-refractivity contribution in [2.24, 2.45) is 0 Å². The predicted octanol–water partition coefficient (Wildman–Crippen LogP) is 10.4. The van der Waals surface area contributed by atoms with E-state index in [2.05, 4.69) is 145 Å². The van der Waals surface area contributed by atoms with Gasteiger partial charge >= 0.3 is 0 Å². The van der Waals surface area contributed by atoms with E-state index in [1.807, 2.05) is 0 Å². The third-order valence-corrected chi connectivity index (χ3v) is 8.30. The quantitative estimate of drug-likeness (QED) is 0.302. The lowest BCUT2D eigenvalue weighted by Gasteiger charge is -2.42. The Hall–Kier alpha value is -3.32. The second kappa shape index (κ2) is 9.21. The van der Waals surface area contributed by atoms with Crippen LogP contribution in [0.15, 0.2) is 91.0 Å². The van der Waals surface area contributed by atoms with Crippen molar-refractivity contribution in [3.05, 3.63) is 108 Å². The second-order valence-corrected chi connectivity index (χ2v) is 13.1. The van der Waals surface area contributed by atoms with Crippen LogP contribution < -0.4 is 5.32 Å². The Morgan fingerprint density at radius 2 is 1.08 bits per heavy atom. The smallest absolute Gasteiger partial charge is 0.0543 e. The molecule has 0 unspecified atom stereocenters. The van der Waals surface area contributed by atoms with E-state index in [0.717, 1.165) is 5.69 Å². The average Bonchev–Trinajstić information content (AvgIpc) is 2.87. The first kappa shape index (κ1) is 25.3. The maximum atomic E-state index is 3.93. The molecule has 0 bridgehead atoms. The Labute approximate surface area is 224 Å². The molecule has 0 heterocycles. The molecule has 1 nitrogen and oxygen atoms in total. The van der Waals surface area contributed by atoms with Crippen molar-refractivity contribution in [1.29, 1.82) is 0 Å². The fourth-order valence-corrected chi connectivity index (χ4v) is 5.71. The Balaban J connectivity index is 1.73. The zero-order chi connectivity index (χ0) is 26.4. The summed E-state index contributed by atoms with van der Waals surface area (Å²) in [5, 5.41) is 3.93. The first-order chi connectivity index (χ1) is 17.5. The van der Waals surface area contributed by atoms with Crippen LogP contribution >= 0.6 is 0 Å². The van der Waals surface area contributed by atoms with E-state index in [4.69, 9.17) is 0 Å². The molecular weight excluding hydrogens is 446 g/mol. The Kier molecular flexibility index (Phi) is 6.31. The number of benzene rings is 4. The van der Waals surface area contributed by atoms with Crippen LogP contribution in [0.5, 0.6) is 0 Å². The molecule has 0 spiro atoms. The number of nitrogens with one attached hydrogen (secondary N) is 1. The zero-order valence-corrected chi connectivity index (χ0v) is 23.6. The van der Waals surface area contributed by atoms with E-state index < -0.39 is 0 Å². The summed E-state index contributed by atoms with van der Waals surface area (Å²) in [6.07, 6.45) is 2.44. The van der Waals surface area contributed by atoms with E-state index in [-0.39, 0.29) is 16.2 Å². The number of hydrogen-bond donors (Lipinski definition) is 1. The molecule has 0 saturated carbocycles. The minimum atomic E-state index is 0.0347. The second-order valence-electron chi connectivity index (χ2n) is 13.1. The summed E-state index contributed by atoms with van der Waals surface area (Å²) in [5.74, 6) is 0. The highest BCUT2D eigenvalue weighted by Crippen LogP contribution is 2.48. The fourth-order valence-electron chi connectivity index (χ4n) is 5.71. The minimum absolute atomic E-state index is 0.0347. The molecule has 1 aliphatic rings. The number of rotatable bonds is 4. The summed E-state index contributed by atoms with van der Waals surface area (Å²) in [5.41, 5.74) is 12.0. The van der Waals surface area contributed by atoms with Gasteiger partial charge in [-0.15, -0.1) is 0 Å². The van der Waals surface area contributed by atoms with Gasteiger partial charge in [0, 0.05) is 16.8 Å². The van der Waals surface area contributed by atoms with Crippen molar-refractivity contribution in [3.8, 4) is 22.3 Å². The van der Waals surface area contributed by atoms with Gasteiger partial charge in [-0.2, -0.15) is 0 Å². The molecule has 1 N–H and O–H groups in total. The molecule has 0 amide bonds. The largest absolute Gasteiger partial charge is 0.355 e. The normalized spacial score (nSPS) is 16.2. The maximum Gasteiger partial charge on any atom is 0.0543 e. The van der Waals surface area contributed by atoms with Gasteiger partial charge in [-0.25, -0.2) is 0 Å². The third kappa shape index (κ3) is 4.97. The molecule has 0 radical (unpaired) electrons. The molecule has 0 aromatic heterocycles. The van der Waals surface area contributed by atoms with Crippen molar-refractivity contribution in [2.75, 3.05) is 5.32 Å². The van der Waals surface area contributed by atoms with Crippen LogP contribution in [0.1, 0.15) is 78.0 Å². The van der Waals surface area contributed by atoms with Crippen molar-refractivity contribution < 1.29 is 0 Å². The van der Waals surface area contributed by atoms with Crippen molar-refractivity contribution in [2.45, 2.75) is 77.6 Å². The van der Waals surface area contributed by atoms with E-state index >= 15 is 0 Å². The molecule has 190 valence electrons. The molecule has 0 fully saturated rings. The summed E-state index contributed by atoms with van der Waals surface area (Å²) in [4.78, 5) is 0. The van der Waals surface area contributed by atoms with E-state index in [0.29, 0.717) is 0 Å². The fraction of sp³-hybridized carbons (Fsp3) is 0.333. The van der Waals surface area contributed by atoms with Crippen LogP contribution in [0, 0.1) is 0 Å². The Morgan fingerprint density at radius 3 is 1.57 bits per heavy atom. The van der Waals surface area contributed by atoms with Crippen molar-refractivity contribution >= 4 is 11.4 Å². The Morgan fingerprint density at radius 1 is 0.595 bits per heavy atom. The van der Waals surface area contributed by atoms with E-state index in [9.17, 15) is 0 Å². The predicted molar refractivity (Wildman–Crippen MR) is 161 cm³/mol. The zero-order valence-electron chi connectivity index (χ0n) is 23.6. The third-order valence-electron chi connectivity index (χ3n) is 8.30. The first-order valence-electron chi connectivity index (χ1n) is 13.7. The van der Waals surface area contributed by atoms with Crippen LogP contribution in [0.25, 0.3) is 22.3 Å². The van der Waals surface area contributed by atoms with Gasteiger partial charge in [0.05, 0.1) is 5.69 Å². The monoisotopic (exact) mass is 487 g/mol. The van der Waals surface area contributed by atoms with Crippen LogP contribution in [-0.2, 0) is 16.2 Å². The topological polar surface area (TPSA) is 12.0 Å². The maximum absolute atomic E-state index is 3.93. The standard InChI is InChI=1S/C36H41N/c1-34(2,3)27-22-29(25-14-10-8-11-15-25)33(30(23-27)26-16-12-9-13-17-26)37-28-18-19-31-32(24-28)36(6,7)21-20-35(31,4)5/h8-19,22-24,37H,20-21H2,1-7H3. The van der Waals surface area contributed by atoms with Gasteiger partial charge in [-0.3, -0.25) is 0 Å². The highest BCUT2D eigenvalue weighted by Gasteiger charge is 2.37. The lowest BCUT2D eigenvalue weighted by Crippen LogP contribution is -2.33. The molecule has 4 aromatic rings. The summed E-state index contributed by atoms with van der Waals surface area (Å²) >= 11 is 0. The average molecular weight is 488 g/mol. The van der Waals surface area contributed by atoms with Gasteiger partial charge in [0.2, 0.25) is 0 Å². The van der Waals surface area contributed by atoms with Crippen LogP contribution in [0.3, 0.4) is 0 Å². The van der Waals surface area contributed by atoms with E-state index in [1.54, 1.807) is 0 Å². The Bertz CT molecular complexity index is 1340. The number of anilines is 2. The summed E-state index contributed by atoms with van der Waals surface area (Å²) in [6.45, 7) is 16.5. The summed E-state index contributed by atoms with van der Waals surface area (Å²) < 4.78 is 0. The van der Waals surface area contributed by atoms with Gasteiger partial charge < -0.3 is 5.32 Å². The highest BCUT2D eigenvalue weighted by molar-refractivity contribution is 5.93. The SMILES string of the molecule is CC(C)(C)c1cc(-c2ccccc2)c(Nc2ccc3c(c2)C(C)(C)CCC3(C)C)c(-c2ccccc2)c1. The van der Waals surface area contributed by atoms with Crippen LogP contribution in [0.4, 0.5) is 11.4 Å². The lowest BCUT2D eigenvalue weighted by molar-refractivity contribution is 0.332.